The summed E-state index contributed by atoms with van der Waals surface area (Å²) in [4.78, 5) is 12.2. The molecule has 0 radical (unpaired) electrons. The Balaban J connectivity index is 1.71. The quantitative estimate of drug-likeness (QED) is 0.861. The largest absolute Gasteiger partial charge is 0.296 e. The molecule has 9 heteroatoms. The molecule has 0 unspecified atom stereocenters. The Kier molecular flexibility index (Phi) is 3.94. The molecule has 116 valence electrons. The van der Waals surface area contributed by atoms with E-state index in [0.29, 0.717) is 10.7 Å². The molecule has 1 heterocycles. The molecule has 3 rings (SSSR count). The fraction of sp³-hybridized carbons (Fsp3) is 0.308. The zero-order valence-electron chi connectivity index (χ0n) is 11.7. The van der Waals surface area contributed by atoms with Crippen molar-refractivity contribution in [3.8, 4) is 0 Å². The predicted octanol–water partition coefficient (Wildman–Crippen LogP) is 1.54. The van der Waals surface area contributed by atoms with E-state index in [-0.39, 0.29) is 16.8 Å². The highest BCUT2D eigenvalue weighted by Gasteiger charge is 2.27. The van der Waals surface area contributed by atoms with Crippen LogP contribution in [0.5, 0.6) is 0 Å². The SMILES string of the molecule is Cc1nnc(NC(=O)c2ccc(S(=O)(=O)NC3CC3)cc2)s1. The fourth-order valence-corrected chi connectivity index (χ4v) is 3.68. The maximum Gasteiger partial charge on any atom is 0.257 e. The standard InChI is InChI=1S/C13H14N4O3S2/c1-8-15-16-13(21-8)14-12(18)9-2-6-11(7-3-9)22(19,20)17-10-4-5-10/h2-3,6-7,10,17H,4-5H2,1H3,(H,14,16,18). The molecule has 1 aliphatic rings. The smallest absolute Gasteiger partial charge is 0.257 e. The van der Waals surface area contributed by atoms with Crippen LogP contribution in [0.1, 0.15) is 28.2 Å². The summed E-state index contributed by atoms with van der Waals surface area (Å²) in [5, 5.41) is 11.4. The highest BCUT2D eigenvalue weighted by atomic mass is 32.2. The van der Waals surface area contributed by atoms with Crippen LogP contribution in [0.25, 0.3) is 0 Å². The van der Waals surface area contributed by atoms with Gasteiger partial charge in [-0.2, -0.15) is 0 Å². The Hall–Kier alpha value is -1.84. The van der Waals surface area contributed by atoms with Gasteiger partial charge in [-0.1, -0.05) is 11.3 Å². The molecule has 1 fully saturated rings. The van der Waals surface area contributed by atoms with E-state index in [1.165, 1.54) is 35.6 Å². The van der Waals surface area contributed by atoms with Gasteiger partial charge in [0.05, 0.1) is 4.90 Å². The first-order valence-corrected chi connectivity index (χ1v) is 8.98. The van der Waals surface area contributed by atoms with Crippen molar-refractivity contribution in [1.82, 2.24) is 14.9 Å². The van der Waals surface area contributed by atoms with Gasteiger partial charge in [-0.15, -0.1) is 10.2 Å². The number of hydrogen-bond acceptors (Lipinski definition) is 6. The minimum atomic E-state index is -3.50. The van der Waals surface area contributed by atoms with E-state index in [4.69, 9.17) is 0 Å². The molecular formula is C13H14N4O3S2. The second kappa shape index (κ2) is 5.75. The summed E-state index contributed by atoms with van der Waals surface area (Å²) in [6, 6.07) is 5.85. The van der Waals surface area contributed by atoms with Crippen molar-refractivity contribution in [2.24, 2.45) is 0 Å². The van der Waals surface area contributed by atoms with Gasteiger partial charge >= 0.3 is 0 Å². The number of nitrogens with zero attached hydrogens (tertiary/aromatic N) is 2. The van der Waals surface area contributed by atoms with E-state index in [9.17, 15) is 13.2 Å². The fourth-order valence-electron chi connectivity index (χ4n) is 1.79. The molecule has 2 N–H and O–H groups in total. The first-order chi connectivity index (χ1) is 10.4. The van der Waals surface area contributed by atoms with E-state index in [1.807, 2.05) is 0 Å². The average Bonchev–Trinajstić information content (AvgIpc) is 3.19. The van der Waals surface area contributed by atoms with E-state index >= 15 is 0 Å². The second-order valence-corrected chi connectivity index (χ2v) is 7.90. The summed E-state index contributed by atoms with van der Waals surface area (Å²) in [5.74, 6) is -0.352. The Labute approximate surface area is 131 Å². The third-order valence-electron chi connectivity index (χ3n) is 3.07. The highest BCUT2D eigenvalue weighted by molar-refractivity contribution is 7.89. The summed E-state index contributed by atoms with van der Waals surface area (Å²) in [5.41, 5.74) is 0.359. The number of anilines is 1. The monoisotopic (exact) mass is 338 g/mol. The summed E-state index contributed by atoms with van der Waals surface area (Å²) in [6.45, 7) is 1.79. The lowest BCUT2D eigenvalue weighted by molar-refractivity contribution is 0.102. The van der Waals surface area contributed by atoms with Crippen LogP contribution in [0.3, 0.4) is 0 Å². The predicted molar refractivity (Wildman–Crippen MR) is 82.4 cm³/mol. The number of hydrogen-bond donors (Lipinski definition) is 2. The van der Waals surface area contributed by atoms with Crippen LogP contribution in [-0.4, -0.2) is 30.6 Å². The number of rotatable bonds is 5. The number of carbonyl (C=O) groups is 1. The van der Waals surface area contributed by atoms with Crippen molar-refractivity contribution in [3.05, 3.63) is 34.8 Å². The molecular weight excluding hydrogens is 324 g/mol. The molecule has 0 bridgehead atoms. The first-order valence-electron chi connectivity index (χ1n) is 6.68. The van der Waals surface area contributed by atoms with Crippen molar-refractivity contribution in [1.29, 1.82) is 0 Å². The lowest BCUT2D eigenvalue weighted by atomic mass is 10.2. The summed E-state index contributed by atoms with van der Waals surface area (Å²) < 4.78 is 26.7. The topological polar surface area (TPSA) is 101 Å². The summed E-state index contributed by atoms with van der Waals surface area (Å²) in [6.07, 6.45) is 1.75. The lowest BCUT2D eigenvalue weighted by Crippen LogP contribution is -2.25. The number of aromatic nitrogens is 2. The summed E-state index contributed by atoms with van der Waals surface area (Å²) >= 11 is 1.27. The average molecular weight is 338 g/mol. The highest BCUT2D eigenvalue weighted by Crippen LogP contribution is 2.22. The summed E-state index contributed by atoms with van der Waals surface area (Å²) in [7, 11) is -3.50. The van der Waals surface area contributed by atoms with Gasteiger partial charge in [0.25, 0.3) is 5.91 Å². The number of sulfonamides is 1. The molecule has 1 aromatic heterocycles. The van der Waals surface area contributed by atoms with Gasteiger partial charge < -0.3 is 0 Å². The third kappa shape index (κ3) is 3.49. The van der Waals surface area contributed by atoms with Crippen LogP contribution < -0.4 is 10.0 Å². The molecule has 0 saturated heterocycles. The number of benzene rings is 1. The van der Waals surface area contributed by atoms with Crippen LogP contribution in [0.15, 0.2) is 29.2 Å². The van der Waals surface area contributed by atoms with Crippen LogP contribution >= 0.6 is 11.3 Å². The zero-order valence-corrected chi connectivity index (χ0v) is 13.4. The third-order valence-corrected chi connectivity index (χ3v) is 5.36. The van der Waals surface area contributed by atoms with E-state index < -0.39 is 10.0 Å². The van der Waals surface area contributed by atoms with Gasteiger partial charge in [0.15, 0.2) is 0 Å². The van der Waals surface area contributed by atoms with Crippen molar-refractivity contribution < 1.29 is 13.2 Å². The van der Waals surface area contributed by atoms with E-state index in [1.54, 1.807) is 6.92 Å². The van der Waals surface area contributed by atoms with Gasteiger partial charge in [0.1, 0.15) is 5.01 Å². The molecule has 1 aromatic carbocycles. The molecule has 2 aromatic rings. The van der Waals surface area contributed by atoms with Crippen LogP contribution in [0, 0.1) is 6.92 Å². The van der Waals surface area contributed by atoms with Crippen molar-refractivity contribution >= 4 is 32.4 Å². The molecule has 7 nitrogen and oxygen atoms in total. The van der Waals surface area contributed by atoms with Gasteiger partial charge in [-0.3, -0.25) is 10.1 Å². The van der Waals surface area contributed by atoms with E-state index in [2.05, 4.69) is 20.2 Å². The van der Waals surface area contributed by atoms with Gasteiger partial charge in [-0.05, 0) is 44.0 Å². The van der Waals surface area contributed by atoms with Gasteiger partial charge in [0.2, 0.25) is 15.2 Å². The molecule has 0 spiro atoms. The molecule has 0 atom stereocenters. The van der Waals surface area contributed by atoms with Gasteiger partial charge in [-0.25, -0.2) is 13.1 Å². The van der Waals surface area contributed by atoms with Crippen LogP contribution in [0.2, 0.25) is 0 Å². The number of carbonyl (C=O) groups excluding carboxylic acids is 1. The normalized spacial score (nSPS) is 14.8. The molecule has 22 heavy (non-hydrogen) atoms. The Bertz CT molecular complexity index is 795. The Morgan fingerprint density at radius 2 is 1.91 bits per heavy atom. The van der Waals surface area contributed by atoms with E-state index in [0.717, 1.165) is 17.8 Å². The minimum absolute atomic E-state index is 0.0496. The number of aryl methyl sites for hydroxylation is 1. The maximum atomic E-state index is 12.0. The number of nitrogens with one attached hydrogen (secondary N) is 2. The Morgan fingerprint density at radius 1 is 1.23 bits per heavy atom. The Morgan fingerprint density at radius 3 is 2.45 bits per heavy atom. The van der Waals surface area contributed by atoms with Gasteiger partial charge in [0, 0.05) is 11.6 Å². The number of amides is 1. The molecule has 1 saturated carbocycles. The van der Waals surface area contributed by atoms with Crippen molar-refractivity contribution in [2.75, 3.05) is 5.32 Å². The van der Waals surface area contributed by atoms with Crippen molar-refractivity contribution in [3.63, 3.8) is 0 Å². The zero-order chi connectivity index (χ0) is 15.7. The van der Waals surface area contributed by atoms with Crippen LogP contribution in [-0.2, 0) is 10.0 Å². The second-order valence-electron chi connectivity index (χ2n) is 5.00. The van der Waals surface area contributed by atoms with Crippen LogP contribution in [0.4, 0.5) is 5.13 Å². The molecule has 1 amide bonds. The lowest BCUT2D eigenvalue weighted by Gasteiger charge is -2.06. The van der Waals surface area contributed by atoms with Crippen molar-refractivity contribution in [2.45, 2.75) is 30.7 Å². The minimum Gasteiger partial charge on any atom is -0.296 e. The molecule has 0 aliphatic heterocycles. The maximum absolute atomic E-state index is 12.0. The first kappa shape index (κ1) is 15.1. The molecule has 1 aliphatic carbocycles.